The van der Waals surface area contributed by atoms with E-state index in [4.69, 9.17) is 4.74 Å². The van der Waals surface area contributed by atoms with Crippen molar-refractivity contribution in [2.45, 2.75) is 32.0 Å². The second kappa shape index (κ2) is 5.04. The molecular weight excluding hydrogens is 226 g/mol. The number of hydrogen-bond donors (Lipinski definition) is 1. The predicted octanol–water partition coefficient (Wildman–Crippen LogP) is 3.08. The molecule has 18 heavy (non-hydrogen) atoms. The maximum atomic E-state index is 10.5. The number of pyridine rings is 1. The molecule has 1 aromatic heterocycles. The average molecular weight is 245 g/mol. The van der Waals surface area contributed by atoms with E-state index >= 15 is 0 Å². The zero-order valence-electron chi connectivity index (χ0n) is 11.1. The highest BCUT2D eigenvalue weighted by atomic mass is 16.5. The van der Waals surface area contributed by atoms with Crippen molar-refractivity contribution >= 4 is 10.9 Å². The summed E-state index contributed by atoms with van der Waals surface area (Å²) in [6.07, 6.45) is 1.87. The van der Waals surface area contributed by atoms with Crippen LogP contribution in [0.25, 0.3) is 10.9 Å². The summed E-state index contributed by atoms with van der Waals surface area (Å²) in [7, 11) is 1.63. The Hall–Kier alpha value is -1.45. The minimum atomic E-state index is -0.642. The normalized spacial score (nSPS) is 16.4. The molecule has 1 aromatic carbocycles. The van der Waals surface area contributed by atoms with Gasteiger partial charge in [0, 0.05) is 18.7 Å². The van der Waals surface area contributed by atoms with E-state index in [0.717, 1.165) is 22.9 Å². The molecular formula is C15H19NO2. The van der Waals surface area contributed by atoms with E-state index in [0.29, 0.717) is 0 Å². The van der Waals surface area contributed by atoms with Gasteiger partial charge in [0.1, 0.15) is 6.10 Å². The molecule has 0 aliphatic heterocycles. The highest BCUT2D eigenvalue weighted by Gasteiger charge is 2.32. The van der Waals surface area contributed by atoms with Gasteiger partial charge in [0.15, 0.2) is 0 Å². The van der Waals surface area contributed by atoms with E-state index in [1.165, 1.54) is 0 Å². The number of aliphatic hydroxyl groups excluding tert-OH is 1. The number of benzene rings is 1. The molecule has 0 aliphatic carbocycles. The van der Waals surface area contributed by atoms with Crippen LogP contribution in [0.4, 0.5) is 0 Å². The third-order valence-electron chi connectivity index (χ3n) is 3.69. The van der Waals surface area contributed by atoms with Crippen LogP contribution in [0.1, 0.15) is 31.9 Å². The number of rotatable bonds is 4. The van der Waals surface area contributed by atoms with E-state index in [9.17, 15) is 5.11 Å². The van der Waals surface area contributed by atoms with Crippen LogP contribution in [0.3, 0.4) is 0 Å². The Morgan fingerprint density at radius 2 is 2.17 bits per heavy atom. The number of aliphatic hydroxyl groups is 1. The molecule has 0 saturated heterocycles. The first kappa shape index (κ1) is 13.0. The van der Waals surface area contributed by atoms with Gasteiger partial charge in [-0.25, -0.2) is 0 Å². The molecule has 0 amide bonds. The van der Waals surface area contributed by atoms with Crippen LogP contribution in [-0.4, -0.2) is 22.8 Å². The van der Waals surface area contributed by atoms with Crippen molar-refractivity contribution in [1.29, 1.82) is 0 Å². The van der Waals surface area contributed by atoms with E-state index in [-0.39, 0.29) is 0 Å². The van der Waals surface area contributed by atoms with Crippen LogP contribution in [0, 0.1) is 0 Å². The van der Waals surface area contributed by atoms with Gasteiger partial charge >= 0.3 is 0 Å². The Bertz CT molecular complexity index is 535. The quantitative estimate of drug-likeness (QED) is 0.900. The standard InChI is InChI=1S/C15H19NO2/c1-4-15(2,18-3)14(17)12-7-8-13-11(10-12)6-5-9-16-13/h5-10,14,17H,4H2,1-3H3. The lowest BCUT2D eigenvalue weighted by Crippen LogP contribution is -2.34. The van der Waals surface area contributed by atoms with Gasteiger partial charge < -0.3 is 9.84 Å². The molecule has 96 valence electrons. The molecule has 0 fully saturated rings. The van der Waals surface area contributed by atoms with Crippen molar-refractivity contribution in [2.24, 2.45) is 0 Å². The van der Waals surface area contributed by atoms with Crippen molar-refractivity contribution < 1.29 is 9.84 Å². The molecule has 3 nitrogen and oxygen atoms in total. The molecule has 2 unspecified atom stereocenters. The predicted molar refractivity (Wildman–Crippen MR) is 72.4 cm³/mol. The second-order valence-corrected chi connectivity index (χ2v) is 4.73. The van der Waals surface area contributed by atoms with Gasteiger partial charge in [0.05, 0.1) is 11.1 Å². The fraction of sp³-hybridized carbons (Fsp3) is 0.400. The Morgan fingerprint density at radius 1 is 1.39 bits per heavy atom. The van der Waals surface area contributed by atoms with Crippen molar-refractivity contribution in [3.63, 3.8) is 0 Å². The molecule has 0 spiro atoms. The van der Waals surface area contributed by atoms with Crippen molar-refractivity contribution in [3.05, 3.63) is 42.1 Å². The Labute approximate surface area is 107 Å². The third-order valence-corrected chi connectivity index (χ3v) is 3.69. The molecule has 2 aromatic rings. The lowest BCUT2D eigenvalue weighted by molar-refractivity contribution is -0.0943. The van der Waals surface area contributed by atoms with Crippen molar-refractivity contribution in [2.75, 3.05) is 7.11 Å². The number of fused-ring (bicyclic) bond motifs is 1. The summed E-state index contributed by atoms with van der Waals surface area (Å²) in [5.41, 5.74) is 1.24. The first-order chi connectivity index (χ1) is 8.60. The van der Waals surface area contributed by atoms with Gasteiger partial charge in [-0.3, -0.25) is 4.98 Å². The Kier molecular flexibility index (Phi) is 3.64. The zero-order valence-corrected chi connectivity index (χ0v) is 11.1. The number of nitrogens with zero attached hydrogens (tertiary/aromatic N) is 1. The minimum Gasteiger partial charge on any atom is -0.385 e. The SMILES string of the molecule is CCC(C)(OC)C(O)c1ccc2ncccc2c1. The first-order valence-corrected chi connectivity index (χ1v) is 6.18. The molecule has 0 saturated carbocycles. The summed E-state index contributed by atoms with van der Waals surface area (Å²) in [5, 5.41) is 11.5. The monoisotopic (exact) mass is 245 g/mol. The molecule has 1 heterocycles. The molecule has 0 radical (unpaired) electrons. The first-order valence-electron chi connectivity index (χ1n) is 6.18. The summed E-state index contributed by atoms with van der Waals surface area (Å²) < 4.78 is 5.45. The van der Waals surface area contributed by atoms with Gasteiger partial charge in [-0.1, -0.05) is 19.1 Å². The van der Waals surface area contributed by atoms with Gasteiger partial charge in [0.25, 0.3) is 0 Å². The highest BCUT2D eigenvalue weighted by molar-refractivity contribution is 5.79. The van der Waals surface area contributed by atoms with Crippen LogP contribution in [-0.2, 0) is 4.74 Å². The summed E-state index contributed by atoms with van der Waals surface area (Å²) in [6.45, 7) is 3.93. The van der Waals surface area contributed by atoms with E-state index < -0.39 is 11.7 Å². The van der Waals surface area contributed by atoms with Gasteiger partial charge in [-0.05, 0) is 37.1 Å². The zero-order chi connectivity index (χ0) is 13.2. The molecule has 0 aliphatic rings. The maximum absolute atomic E-state index is 10.5. The maximum Gasteiger partial charge on any atom is 0.108 e. The molecule has 1 N–H and O–H groups in total. The smallest absolute Gasteiger partial charge is 0.108 e. The average Bonchev–Trinajstić information content (AvgIpc) is 2.45. The van der Waals surface area contributed by atoms with E-state index in [1.807, 2.05) is 44.2 Å². The Morgan fingerprint density at radius 3 is 2.83 bits per heavy atom. The summed E-state index contributed by atoms with van der Waals surface area (Å²) in [4.78, 5) is 4.27. The largest absolute Gasteiger partial charge is 0.385 e. The van der Waals surface area contributed by atoms with Crippen LogP contribution in [0.5, 0.6) is 0 Å². The third kappa shape index (κ3) is 2.24. The van der Waals surface area contributed by atoms with E-state index in [1.54, 1.807) is 13.3 Å². The topological polar surface area (TPSA) is 42.4 Å². The lowest BCUT2D eigenvalue weighted by Gasteiger charge is -2.32. The number of methoxy groups -OCH3 is 1. The minimum absolute atomic E-state index is 0.560. The fourth-order valence-corrected chi connectivity index (χ4v) is 2.07. The summed E-state index contributed by atoms with van der Waals surface area (Å²) >= 11 is 0. The number of aromatic nitrogens is 1. The fourth-order valence-electron chi connectivity index (χ4n) is 2.07. The molecule has 2 atom stereocenters. The molecule has 2 rings (SSSR count). The number of ether oxygens (including phenoxy) is 1. The van der Waals surface area contributed by atoms with Crippen LogP contribution >= 0.6 is 0 Å². The van der Waals surface area contributed by atoms with Crippen molar-refractivity contribution in [1.82, 2.24) is 4.98 Å². The van der Waals surface area contributed by atoms with Crippen molar-refractivity contribution in [3.8, 4) is 0 Å². The second-order valence-electron chi connectivity index (χ2n) is 4.73. The summed E-state index contributed by atoms with van der Waals surface area (Å²) in [5.74, 6) is 0. The van der Waals surface area contributed by atoms with Crippen LogP contribution in [0.2, 0.25) is 0 Å². The van der Waals surface area contributed by atoms with Gasteiger partial charge in [-0.2, -0.15) is 0 Å². The highest BCUT2D eigenvalue weighted by Crippen LogP contribution is 2.32. The van der Waals surface area contributed by atoms with Gasteiger partial charge in [-0.15, -0.1) is 0 Å². The summed E-state index contributed by atoms with van der Waals surface area (Å²) in [6, 6.07) is 9.70. The van der Waals surface area contributed by atoms with Crippen LogP contribution < -0.4 is 0 Å². The number of hydrogen-bond acceptors (Lipinski definition) is 3. The van der Waals surface area contributed by atoms with E-state index in [2.05, 4.69) is 4.98 Å². The van der Waals surface area contributed by atoms with Crippen LogP contribution in [0.15, 0.2) is 36.5 Å². The molecule has 0 bridgehead atoms. The lowest BCUT2D eigenvalue weighted by atomic mass is 9.89. The van der Waals surface area contributed by atoms with Gasteiger partial charge in [0.2, 0.25) is 0 Å². The molecule has 3 heteroatoms. The Balaban J connectivity index is 2.42.